The van der Waals surface area contributed by atoms with Gasteiger partial charge in [0.05, 0.1) is 11.6 Å². The maximum absolute atomic E-state index is 14.0. The number of carbonyl (C=O) groups excluding carboxylic acids is 3. The van der Waals surface area contributed by atoms with Crippen LogP contribution in [0.3, 0.4) is 0 Å². The Morgan fingerprint density at radius 3 is 2.61 bits per heavy atom. The summed E-state index contributed by atoms with van der Waals surface area (Å²) < 4.78 is 27.1. The van der Waals surface area contributed by atoms with Gasteiger partial charge in [-0.2, -0.15) is 0 Å². The summed E-state index contributed by atoms with van der Waals surface area (Å²) in [6.45, 7) is 2.46. The summed E-state index contributed by atoms with van der Waals surface area (Å²) in [6.07, 6.45) is -0.224. The van der Waals surface area contributed by atoms with Crippen molar-refractivity contribution in [1.82, 2.24) is 10.2 Å². The van der Waals surface area contributed by atoms with E-state index in [2.05, 4.69) is 5.32 Å². The number of rotatable bonds is 7. The zero-order valence-corrected chi connectivity index (χ0v) is 15.4. The molecule has 1 aromatic rings. The number of hydrogen-bond acceptors (Lipinski definition) is 4. The minimum Gasteiger partial charge on any atom is -0.480 e. The first-order chi connectivity index (χ1) is 13.1. The molecule has 2 rings (SSSR count). The standard InChI is InChI=1S/C18H21F2N3O5/c1-10(18(27)28)22(6-5-21-11(2)24)17(26)12-7-16(25)23(9-12)15-4-3-13(19)8-14(15)20/h3-4,8,10,12H,5-7,9H2,1-2H3,(H,21,24)(H,27,28). The highest BCUT2D eigenvalue weighted by Crippen LogP contribution is 2.29. The van der Waals surface area contributed by atoms with Crippen LogP contribution in [0, 0.1) is 17.6 Å². The van der Waals surface area contributed by atoms with Gasteiger partial charge in [0.15, 0.2) is 0 Å². The lowest BCUT2D eigenvalue weighted by Crippen LogP contribution is -2.49. The second-order valence-electron chi connectivity index (χ2n) is 6.53. The van der Waals surface area contributed by atoms with E-state index in [9.17, 15) is 33.1 Å². The van der Waals surface area contributed by atoms with E-state index in [1.165, 1.54) is 13.8 Å². The molecule has 0 radical (unpaired) electrons. The van der Waals surface area contributed by atoms with E-state index >= 15 is 0 Å². The van der Waals surface area contributed by atoms with Crippen LogP contribution in [0.15, 0.2) is 18.2 Å². The Kier molecular flexibility index (Phi) is 6.66. The molecule has 10 heteroatoms. The number of anilines is 1. The van der Waals surface area contributed by atoms with Gasteiger partial charge in [-0.3, -0.25) is 14.4 Å². The van der Waals surface area contributed by atoms with Crippen molar-refractivity contribution >= 4 is 29.4 Å². The second-order valence-corrected chi connectivity index (χ2v) is 6.53. The van der Waals surface area contributed by atoms with Crippen LogP contribution in [0.25, 0.3) is 0 Å². The topological polar surface area (TPSA) is 107 Å². The predicted octanol–water partition coefficient (Wildman–Crippen LogP) is 0.755. The predicted molar refractivity (Wildman–Crippen MR) is 94.3 cm³/mol. The van der Waals surface area contributed by atoms with E-state index in [0.717, 1.165) is 21.9 Å². The van der Waals surface area contributed by atoms with Gasteiger partial charge in [0.1, 0.15) is 17.7 Å². The molecular weight excluding hydrogens is 376 g/mol. The van der Waals surface area contributed by atoms with Gasteiger partial charge in [0, 0.05) is 39.0 Å². The van der Waals surface area contributed by atoms with Gasteiger partial charge >= 0.3 is 5.97 Å². The van der Waals surface area contributed by atoms with Crippen LogP contribution in [0.5, 0.6) is 0 Å². The average molecular weight is 397 g/mol. The smallest absolute Gasteiger partial charge is 0.326 e. The SMILES string of the molecule is CC(=O)NCCN(C(=O)C1CC(=O)N(c2ccc(F)cc2F)C1)C(C)C(=O)O. The minimum absolute atomic E-state index is 0.0513. The van der Waals surface area contributed by atoms with E-state index in [-0.39, 0.29) is 37.6 Å². The summed E-state index contributed by atoms with van der Waals surface area (Å²) in [4.78, 5) is 49.6. The molecule has 8 nitrogen and oxygen atoms in total. The van der Waals surface area contributed by atoms with Crippen LogP contribution in [-0.2, 0) is 19.2 Å². The van der Waals surface area contributed by atoms with Crippen LogP contribution in [-0.4, -0.2) is 59.4 Å². The van der Waals surface area contributed by atoms with E-state index in [1.807, 2.05) is 0 Å². The first-order valence-electron chi connectivity index (χ1n) is 8.65. The summed E-state index contributed by atoms with van der Waals surface area (Å²) in [5, 5.41) is 11.7. The van der Waals surface area contributed by atoms with Crippen molar-refractivity contribution < 1.29 is 33.1 Å². The molecule has 28 heavy (non-hydrogen) atoms. The third kappa shape index (κ3) is 4.81. The molecule has 1 aliphatic heterocycles. The van der Waals surface area contributed by atoms with E-state index in [0.29, 0.717) is 6.07 Å². The molecular formula is C18H21F2N3O5. The lowest BCUT2D eigenvalue weighted by atomic mass is 10.1. The van der Waals surface area contributed by atoms with Gasteiger partial charge in [-0.15, -0.1) is 0 Å². The largest absolute Gasteiger partial charge is 0.480 e. The number of aliphatic carboxylic acids is 1. The molecule has 0 aromatic heterocycles. The number of amides is 3. The number of halogens is 2. The van der Waals surface area contributed by atoms with E-state index < -0.39 is 41.4 Å². The summed E-state index contributed by atoms with van der Waals surface area (Å²) in [5.74, 6) is -5.27. The summed E-state index contributed by atoms with van der Waals surface area (Å²) in [5.41, 5.74) is -0.141. The summed E-state index contributed by atoms with van der Waals surface area (Å²) in [7, 11) is 0. The highest BCUT2D eigenvalue weighted by atomic mass is 19.1. The highest BCUT2D eigenvalue weighted by Gasteiger charge is 2.40. The quantitative estimate of drug-likeness (QED) is 0.706. The zero-order chi connectivity index (χ0) is 21.0. The monoisotopic (exact) mass is 397 g/mol. The molecule has 2 unspecified atom stereocenters. The van der Waals surface area contributed by atoms with Crippen LogP contribution >= 0.6 is 0 Å². The number of benzene rings is 1. The van der Waals surface area contributed by atoms with Crippen molar-refractivity contribution in [3.05, 3.63) is 29.8 Å². The Bertz CT molecular complexity index is 801. The summed E-state index contributed by atoms with van der Waals surface area (Å²) in [6, 6.07) is 1.59. The highest BCUT2D eigenvalue weighted by molar-refractivity contribution is 6.00. The number of nitrogens with one attached hydrogen (secondary N) is 1. The normalized spacial score (nSPS) is 17.4. The van der Waals surface area contributed by atoms with Gasteiger partial charge in [-0.1, -0.05) is 0 Å². The maximum atomic E-state index is 14.0. The van der Waals surface area contributed by atoms with Crippen LogP contribution in [0.4, 0.5) is 14.5 Å². The average Bonchev–Trinajstić information content (AvgIpc) is 2.99. The zero-order valence-electron chi connectivity index (χ0n) is 15.4. The molecule has 0 aliphatic carbocycles. The first-order valence-corrected chi connectivity index (χ1v) is 8.65. The van der Waals surface area contributed by atoms with Gasteiger partial charge in [-0.05, 0) is 19.1 Å². The van der Waals surface area contributed by atoms with Crippen LogP contribution < -0.4 is 10.2 Å². The molecule has 152 valence electrons. The van der Waals surface area contributed by atoms with Crippen molar-refractivity contribution in [1.29, 1.82) is 0 Å². The molecule has 3 amide bonds. The first kappa shape index (κ1) is 21.3. The molecule has 1 heterocycles. The fraction of sp³-hybridized carbons (Fsp3) is 0.444. The molecule has 2 atom stereocenters. The number of hydrogen-bond donors (Lipinski definition) is 2. The molecule has 1 aromatic carbocycles. The lowest BCUT2D eigenvalue weighted by molar-refractivity contribution is -0.151. The van der Waals surface area contributed by atoms with E-state index in [1.54, 1.807) is 0 Å². The molecule has 0 spiro atoms. The van der Waals surface area contributed by atoms with Gasteiger partial charge in [0.25, 0.3) is 0 Å². The third-order valence-electron chi connectivity index (χ3n) is 4.51. The number of carbonyl (C=O) groups is 4. The fourth-order valence-electron chi connectivity index (χ4n) is 3.02. The molecule has 1 aliphatic rings. The van der Waals surface area contributed by atoms with Crippen molar-refractivity contribution in [2.75, 3.05) is 24.5 Å². The van der Waals surface area contributed by atoms with Crippen molar-refractivity contribution in [3.63, 3.8) is 0 Å². The van der Waals surface area contributed by atoms with Crippen molar-refractivity contribution in [2.24, 2.45) is 5.92 Å². The van der Waals surface area contributed by atoms with Crippen molar-refractivity contribution in [3.8, 4) is 0 Å². The van der Waals surface area contributed by atoms with Crippen molar-refractivity contribution in [2.45, 2.75) is 26.3 Å². The Morgan fingerprint density at radius 2 is 2.04 bits per heavy atom. The third-order valence-corrected chi connectivity index (χ3v) is 4.51. The number of carboxylic acids is 1. The Balaban J connectivity index is 2.17. The molecule has 0 bridgehead atoms. The molecule has 0 saturated carbocycles. The van der Waals surface area contributed by atoms with Gasteiger partial charge in [-0.25, -0.2) is 13.6 Å². The Hall–Kier alpha value is -3.04. The lowest BCUT2D eigenvalue weighted by Gasteiger charge is -2.29. The Morgan fingerprint density at radius 1 is 1.36 bits per heavy atom. The number of carboxylic acid groups (broad SMARTS) is 1. The van der Waals surface area contributed by atoms with Crippen LogP contribution in [0.2, 0.25) is 0 Å². The van der Waals surface area contributed by atoms with Gasteiger partial charge < -0.3 is 20.2 Å². The second kappa shape index (κ2) is 8.77. The number of nitrogens with zero attached hydrogens (tertiary/aromatic N) is 2. The fourth-order valence-corrected chi connectivity index (χ4v) is 3.02. The minimum atomic E-state index is -1.23. The van der Waals surface area contributed by atoms with Crippen LogP contribution in [0.1, 0.15) is 20.3 Å². The molecule has 2 N–H and O–H groups in total. The molecule has 1 fully saturated rings. The maximum Gasteiger partial charge on any atom is 0.326 e. The Labute approximate surface area is 160 Å². The summed E-state index contributed by atoms with van der Waals surface area (Å²) >= 11 is 0. The van der Waals surface area contributed by atoms with E-state index in [4.69, 9.17) is 0 Å². The molecule has 1 saturated heterocycles. The van der Waals surface area contributed by atoms with Gasteiger partial charge in [0.2, 0.25) is 17.7 Å².